The number of aryl methyl sites for hydroxylation is 1. The average molecular weight is 546 g/mol. The molecule has 4 rings (SSSR count). The summed E-state index contributed by atoms with van der Waals surface area (Å²) in [4.78, 5) is 37.9. The second-order valence-corrected chi connectivity index (χ2v) is 9.53. The molecule has 1 atom stereocenters. The molecule has 40 heavy (non-hydrogen) atoms. The van der Waals surface area contributed by atoms with Gasteiger partial charge in [0.25, 0.3) is 0 Å². The summed E-state index contributed by atoms with van der Waals surface area (Å²) in [5.74, 6) is 1.03. The van der Waals surface area contributed by atoms with Crippen LogP contribution in [-0.4, -0.2) is 46.2 Å². The van der Waals surface area contributed by atoms with E-state index < -0.39 is 6.04 Å². The molecule has 0 heterocycles. The number of methoxy groups -OCH3 is 3. The van der Waals surface area contributed by atoms with Gasteiger partial charge in [0, 0.05) is 19.0 Å². The van der Waals surface area contributed by atoms with Gasteiger partial charge in [0.15, 0.2) is 11.5 Å². The van der Waals surface area contributed by atoms with E-state index in [9.17, 15) is 14.4 Å². The van der Waals surface area contributed by atoms with Gasteiger partial charge in [-0.2, -0.15) is 0 Å². The maximum Gasteiger partial charge on any atom is 0.239 e. The Bertz CT molecular complexity index is 1440. The molecule has 9 nitrogen and oxygen atoms in total. The number of nitrogens with one attached hydrogen (secondary N) is 3. The van der Waals surface area contributed by atoms with Crippen LogP contribution in [0.2, 0.25) is 0 Å². The molecule has 3 aromatic carbocycles. The quantitative estimate of drug-likeness (QED) is 0.356. The first-order valence-electron chi connectivity index (χ1n) is 13.2. The molecule has 0 radical (unpaired) electrons. The highest BCUT2D eigenvalue weighted by molar-refractivity contribution is 5.84. The van der Waals surface area contributed by atoms with Crippen LogP contribution in [0.1, 0.15) is 36.1 Å². The van der Waals surface area contributed by atoms with Gasteiger partial charge < -0.3 is 30.2 Å². The SMILES string of the molecule is COc1cc2c(c(OC)c1OC)-c1ccc(NCC(=O)NCCc3ccccc3)c(=O)cc1C(NC(C)=O)CC2. The van der Waals surface area contributed by atoms with Crippen molar-refractivity contribution >= 4 is 17.5 Å². The predicted octanol–water partition coefficient (Wildman–Crippen LogP) is 3.63. The monoisotopic (exact) mass is 545 g/mol. The lowest BCUT2D eigenvalue weighted by molar-refractivity contribution is -0.120. The molecule has 3 N–H and O–H groups in total. The molecular weight excluding hydrogens is 510 g/mol. The van der Waals surface area contributed by atoms with Crippen LogP contribution in [0.25, 0.3) is 11.1 Å². The van der Waals surface area contributed by atoms with Crippen LogP contribution >= 0.6 is 0 Å². The van der Waals surface area contributed by atoms with Crippen molar-refractivity contribution < 1.29 is 23.8 Å². The fraction of sp³-hybridized carbons (Fsp3) is 0.323. The largest absolute Gasteiger partial charge is 0.493 e. The molecule has 2 amide bonds. The molecule has 0 aromatic heterocycles. The highest BCUT2D eigenvalue weighted by atomic mass is 16.5. The first kappa shape index (κ1) is 28.5. The van der Waals surface area contributed by atoms with Crippen LogP contribution in [0, 0.1) is 0 Å². The Morgan fingerprint density at radius 2 is 1.70 bits per heavy atom. The number of ether oxygens (including phenoxy) is 3. The van der Waals surface area contributed by atoms with E-state index in [1.54, 1.807) is 20.3 Å². The van der Waals surface area contributed by atoms with E-state index in [0.29, 0.717) is 48.6 Å². The lowest BCUT2D eigenvalue weighted by Crippen LogP contribution is -2.32. The van der Waals surface area contributed by atoms with Crippen molar-refractivity contribution in [2.75, 3.05) is 39.7 Å². The topological polar surface area (TPSA) is 115 Å². The van der Waals surface area contributed by atoms with Crippen LogP contribution in [0.5, 0.6) is 17.2 Å². The Hall–Kier alpha value is -4.53. The van der Waals surface area contributed by atoms with E-state index in [4.69, 9.17) is 14.2 Å². The molecule has 1 aliphatic carbocycles. The zero-order chi connectivity index (χ0) is 28.6. The minimum atomic E-state index is -0.407. The van der Waals surface area contributed by atoms with Gasteiger partial charge in [0.2, 0.25) is 23.0 Å². The molecule has 1 aliphatic rings. The number of carbonyl (C=O) groups excluding carboxylic acids is 2. The second-order valence-electron chi connectivity index (χ2n) is 9.53. The minimum Gasteiger partial charge on any atom is -0.493 e. The Morgan fingerprint density at radius 1 is 0.950 bits per heavy atom. The minimum absolute atomic E-state index is 0.0568. The third-order valence-corrected chi connectivity index (χ3v) is 6.93. The average Bonchev–Trinajstić information content (AvgIpc) is 3.19. The van der Waals surface area contributed by atoms with Crippen LogP contribution < -0.4 is 35.6 Å². The standard InChI is InChI=1S/C31H35N3O6/c1-19(35)34-24-12-10-21-16-27(38-2)30(39-3)31(40-4)29(21)22-11-13-25(26(36)17-23(22)24)33-18-28(37)32-15-14-20-8-6-5-7-9-20/h5-9,11,13,16-17,24H,10,12,14-15,18H2,1-4H3,(H,32,37)(H,33,36)(H,34,35). The molecule has 0 aliphatic heterocycles. The first-order valence-corrected chi connectivity index (χ1v) is 13.2. The van der Waals surface area contributed by atoms with Crippen molar-refractivity contribution in [1.29, 1.82) is 0 Å². The van der Waals surface area contributed by atoms with E-state index >= 15 is 0 Å². The molecule has 0 saturated heterocycles. The Labute approximate surface area is 233 Å². The van der Waals surface area contributed by atoms with Gasteiger partial charge in [0.05, 0.1) is 39.6 Å². The van der Waals surface area contributed by atoms with Crippen molar-refractivity contribution in [3.63, 3.8) is 0 Å². The van der Waals surface area contributed by atoms with E-state index in [1.807, 2.05) is 42.5 Å². The van der Waals surface area contributed by atoms with Crippen LogP contribution in [0.15, 0.2) is 59.4 Å². The number of benzene rings is 2. The fourth-order valence-corrected chi connectivity index (χ4v) is 5.08. The summed E-state index contributed by atoms with van der Waals surface area (Å²) in [6.07, 6.45) is 1.89. The zero-order valence-corrected chi connectivity index (χ0v) is 23.3. The molecule has 0 fully saturated rings. The van der Waals surface area contributed by atoms with E-state index in [2.05, 4.69) is 16.0 Å². The lowest BCUT2D eigenvalue weighted by atomic mass is 9.95. The smallest absolute Gasteiger partial charge is 0.239 e. The highest BCUT2D eigenvalue weighted by Gasteiger charge is 2.29. The molecular formula is C31H35N3O6. The highest BCUT2D eigenvalue weighted by Crippen LogP contribution is 2.50. The summed E-state index contributed by atoms with van der Waals surface area (Å²) in [7, 11) is 4.66. The number of hydrogen-bond donors (Lipinski definition) is 3. The summed E-state index contributed by atoms with van der Waals surface area (Å²) >= 11 is 0. The summed E-state index contributed by atoms with van der Waals surface area (Å²) in [6, 6.07) is 16.4. The summed E-state index contributed by atoms with van der Waals surface area (Å²) in [6.45, 7) is 1.89. The van der Waals surface area contributed by atoms with Crippen molar-refractivity contribution in [3.8, 4) is 28.4 Å². The predicted molar refractivity (Wildman–Crippen MR) is 154 cm³/mol. The number of rotatable bonds is 10. The maximum atomic E-state index is 13.4. The van der Waals surface area contributed by atoms with Crippen LogP contribution in [0.3, 0.4) is 0 Å². The molecule has 9 heteroatoms. The number of fused-ring (bicyclic) bond motifs is 3. The molecule has 3 aromatic rings. The molecule has 0 bridgehead atoms. The van der Waals surface area contributed by atoms with Gasteiger partial charge in [-0.1, -0.05) is 36.4 Å². The number of anilines is 1. The van der Waals surface area contributed by atoms with Gasteiger partial charge >= 0.3 is 0 Å². The summed E-state index contributed by atoms with van der Waals surface area (Å²) in [5, 5.41) is 8.85. The third-order valence-electron chi connectivity index (χ3n) is 6.93. The molecule has 0 spiro atoms. The Morgan fingerprint density at radius 3 is 2.38 bits per heavy atom. The summed E-state index contributed by atoms with van der Waals surface area (Å²) < 4.78 is 17.0. The van der Waals surface area contributed by atoms with Crippen LogP contribution in [-0.2, 0) is 22.4 Å². The van der Waals surface area contributed by atoms with Gasteiger partial charge in [-0.3, -0.25) is 14.4 Å². The number of hydrogen-bond acceptors (Lipinski definition) is 7. The van der Waals surface area contributed by atoms with Crippen molar-refractivity contribution in [2.45, 2.75) is 32.2 Å². The molecule has 1 unspecified atom stereocenters. The van der Waals surface area contributed by atoms with E-state index in [-0.39, 0.29) is 29.5 Å². The fourth-order valence-electron chi connectivity index (χ4n) is 5.08. The molecule has 0 saturated carbocycles. The van der Waals surface area contributed by atoms with Crippen molar-refractivity contribution in [3.05, 3.63) is 81.5 Å². The van der Waals surface area contributed by atoms with Crippen molar-refractivity contribution in [1.82, 2.24) is 10.6 Å². The van der Waals surface area contributed by atoms with Crippen molar-refractivity contribution in [2.24, 2.45) is 0 Å². The van der Waals surface area contributed by atoms with Gasteiger partial charge in [-0.05, 0) is 59.7 Å². The van der Waals surface area contributed by atoms with E-state index in [0.717, 1.165) is 22.3 Å². The Balaban J connectivity index is 1.67. The molecule has 210 valence electrons. The lowest BCUT2D eigenvalue weighted by Gasteiger charge is -2.19. The van der Waals surface area contributed by atoms with Gasteiger partial charge in [-0.15, -0.1) is 0 Å². The Kier molecular flexibility index (Phi) is 9.27. The van der Waals surface area contributed by atoms with Gasteiger partial charge in [0.1, 0.15) is 0 Å². The zero-order valence-electron chi connectivity index (χ0n) is 23.3. The van der Waals surface area contributed by atoms with E-state index in [1.165, 1.54) is 20.1 Å². The van der Waals surface area contributed by atoms with Gasteiger partial charge in [-0.25, -0.2) is 0 Å². The number of carbonyl (C=O) groups is 2. The summed E-state index contributed by atoms with van der Waals surface area (Å²) in [5.41, 5.74) is 4.20. The number of amides is 2. The third kappa shape index (κ3) is 6.36. The second kappa shape index (κ2) is 13.0. The maximum absolute atomic E-state index is 13.4. The first-order chi connectivity index (χ1) is 19.4. The normalized spacial score (nSPS) is 13.7. The van der Waals surface area contributed by atoms with Crippen LogP contribution in [0.4, 0.5) is 5.69 Å².